The van der Waals surface area contributed by atoms with E-state index in [0.717, 1.165) is 43.7 Å². The van der Waals surface area contributed by atoms with Crippen LogP contribution in [0.1, 0.15) is 24.1 Å². The highest BCUT2D eigenvalue weighted by Crippen LogP contribution is 2.22. The minimum Gasteiger partial charge on any atom is -0.395 e. The molecule has 1 aliphatic heterocycles. The van der Waals surface area contributed by atoms with E-state index in [-0.39, 0.29) is 30.8 Å². The average Bonchev–Trinajstić information content (AvgIpc) is 2.69. The standard InChI is InChI=1S/C21H27N3O2.ClH/c25-15-14-24(16-18-6-2-1-3-7-18)21(26)19-9-12-23(13-10-19)17-20-8-4-5-11-22-20;/h1-8,11,19,25H,9-10,12-17H2;1H. The Bertz CT molecular complexity index is 676. The second-order valence-electron chi connectivity index (χ2n) is 6.84. The molecule has 0 atom stereocenters. The van der Waals surface area contributed by atoms with Crippen molar-refractivity contribution in [2.24, 2.45) is 5.92 Å². The Labute approximate surface area is 167 Å². The number of pyridine rings is 1. The highest BCUT2D eigenvalue weighted by Gasteiger charge is 2.28. The van der Waals surface area contributed by atoms with Gasteiger partial charge in [0.1, 0.15) is 0 Å². The highest BCUT2D eigenvalue weighted by molar-refractivity contribution is 5.85. The molecule has 6 heteroatoms. The number of carbonyl (C=O) groups excluding carboxylic acids is 1. The van der Waals surface area contributed by atoms with E-state index in [1.165, 1.54) is 0 Å². The topological polar surface area (TPSA) is 56.7 Å². The Kier molecular flexibility index (Phi) is 8.72. The maximum Gasteiger partial charge on any atom is 0.226 e. The Hall–Kier alpha value is -1.95. The zero-order valence-electron chi connectivity index (χ0n) is 15.5. The van der Waals surface area contributed by atoms with Gasteiger partial charge in [0.2, 0.25) is 5.91 Å². The molecule has 2 aromatic rings. The van der Waals surface area contributed by atoms with E-state index < -0.39 is 0 Å². The number of benzene rings is 1. The number of aliphatic hydroxyl groups excluding tert-OH is 1. The molecule has 146 valence electrons. The van der Waals surface area contributed by atoms with Gasteiger partial charge in [-0.25, -0.2) is 0 Å². The van der Waals surface area contributed by atoms with Gasteiger partial charge in [0.05, 0.1) is 12.3 Å². The number of aliphatic hydroxyl groups is 1. The second-order valence-corrected chi connectivity index (χ2v) is 6.84. The number of aromatic nitrogens is 1. The Morgan fingerprint density at radius 2 is 1.81 bits per heavy atom. The molecule has 1 N–H and O–H groups in total. The first kappa shape index (κ1) is 21.4. The summed E-state index contributed by atoms with van der Waals surface area (Å²) >= 11 is 0. The van der Waals surface area contributed by atoms with Crippen LogP contribution in [0.3, 0.4) is 0 Å². The van der Waals surface area contributed by atoms with E-state index >= 15 is 0 Å². The van der Waals surface area contributed by atoms with Gasteiger partial charge in [-0.1, -0.05) is 36.4 Å². The SMILES string of the molecule is Cl.O=C(C1CCN(Cc2ccccn2)CC1)N(CCO)Cc1ccccc1. The van der Waals surface area contributed by atoms with Crippen LogP contribution in [0.15, 0.2) is 54.7 Å². The normalized spacial score (nSPS) is 15.1. The van der Waals surface area contributed by atoms with Gasteiger partial charge in [0.15, 0.2) is 0 Å². The maximum atomic E-state index is 12.9. The zero-order chi connectivity index (χ0) is 18.2. The van der Waals surface area contributed by atoms with Crippen molar-refractivity contribution in [2.45, 2.75) is 25.9 Å². The third kappa shape index (κ3) is 6.31. The maximum absolute atomic E-state index is 12.9. The van der Waals surface area contributed by atoms with Crippen LogP contribution in [0.5, 0.6) is 0 Å². The molecule has 3 rings (SSSR count). The van der Waals surface area contributed by atoms with Crippen LogP contribution in [0, 0.1) is 5.92 Å². The first-order chi connectivity index (χ1) is 12.8. The number of halogens is 1. The summed E-state index contributed by atoms with van der Waals surface area (Å²) in [6.45, 7) is 3.61. The molecule has 1 aromatic carbocycles. The Balaban J connectivity index is 0.00000261. The van der Waals surface area contributed by atoms with Crippen molar-refractivity contribution in [1.82, 2.24) is 14.8 Å². The highest BCUT2D eigenvalue weighted by atomic mass is 35.5. The van der Waals surface area contributed by atoms with Gasteiger partial charge in [-0.2, -0.15) is 0 Å². The molecule has 27 heavy (non-hydrogen) atoms. The molecule has 1 aromatic heterocycles. The number of nitrogens with zero attached hydrogens (tertiary/aromatic N) is 3. The van der Waals surface area contributed by atoms with Crippen LogP contribution >= 0.6 is 12.4 Å². The van der Waals surface area contributed by atoms with E-state index in [4.69, 9.17) is 0 Å². The molecule has 2 heterocycles. The molecule has 0 spiro atoms. The van der Waals surface area contributed by atoms with Crippen molar-refractivity contribution in [1.29, 1.82) is 0 Å². The van der Waals surface area contributed by atoms with Crippen LogP contribution in [-0.4, -0.2) is 52.0 Å². The van der Waals surface area contributed by atoms with E-state index in [0.29, 0.717) is 13.1 Å². The number of likely N-dealkylation sites (tertiary alicyclic amines) is 1. The van der Waals surface area contributed by atoms with Gasteiger partial charge in [-0.15, -0.1) is 12.4 Å². The summed E-state index contributed by atoms with van der Waals surface area (Å²) in [5.74, 6) is 0.214. The predicted octanol–water partition coefficient (Wildman–Crippen LogP) is 2.74. The number of hydrogen-bond donors (Lipinski definition) is 1. The van der Waals surface area contributed by atoms with Gasteiger partial charge in [0.25, 0.3) is 0 Å². The third-order valence-corrected chi connectivity index (χ3v) is 4.95. The monoisotopic (exact) mass is 389 g/mol. The largest absolute Gasteiger partial charge is 0.395 e. The van der Waals surface area contributed by atoms with Crippen LogP contribution in [0.2, 0.25) is 0 Å². The minimum absolute atomic E-state index is 0. The van der Waals surface area contributed by atoms with Crippen LogP contribution in [0.4, 0.5) is 0 Å². The van der Waals surface area contributed by atoms with E-state index in [1.54, 1.807) is 4.90 Å². The molecule has 0 bridgehead atoms. The second kappa shape index (κ2) is 11.0. The van der Waals surface area contributed by atoms with Crippen LogP contribution in [0.25, 0.3) is 0 Å². The zero-order valence-corrected chi connectivity index (χ0v) is 16.4. The number of hydrogen-bond acceptors (Lipinski definition) is 4. The quantitative estimate of drug-likeness (QED) is 0.791. The molecule has 1 saturated heterocycles. The number of rotatable bonds is 7. The van der Waals surface area contributed by atoms with Crippen molar-refractivity contribution in [3.8, 4) is 0 Å². The molecule has 0 aliphatic carbocycles. The fourth-order valence-electron chi connectivity index (χ4n) is 3.51. The Morgan fingerprint density at radius 1 is 1.11 bits per heavy atom. The lowest BCUT2D eigenvalue weighted by Gasteiger charge is -2.34. The molecular formula is C21H28ClN3O2. The lowest BCUT2D eigenvalue weighted by atomic mass is 9.95. The molecule has 5 nitrogen and oxygen atoms in total. The van der Waals surface area contributed by atoms with Crippen molar-refractivity contribution in [3.05, 3.63) is 66.0 Å². The van der Waals surface area contributed by atoms with Gasteiger partial charge in [-0.3, -0.25) is 14.7 Å². The third-order valence-electron chi connectivity index (χ3n) is 4.95. The lowest BCUT2D eigenvalue weighted by Crippen LogP contribution is -2.43. The summed E-state index contributed by atoms with van der Waals surface area (Å²) in [6, 6.07) is 15.9. The Morgan fingerprint density at radius 3 is 2.44 bits per heavy atom. The molecule has 1 amide bonds. The molecule has 0 radical (unpaired) electrons. The van der Waals surface area contributed by atoms with Crippen molar-refractivity contribution >= 4 is 18.3 Å². The van der Waals surface area contributed by atoms with Gasteiger partial charge < -0.3 is 10.0 Å². The van der Waals surface area contributed by atoms with Crippen molar-refractivity contribution < 1.29 is 9.90 Å². The number of amides is 1. The van der Waals surface area contributed by atoms with E-state index in [2.05, 4.69) is 9.88 Å². The molecule has 0 unspecified atom stereocenters. The van der Waals surface area contributed by atoms with E-state index in [9.17, 15) is 9.90 Å². The molecule has 0 saturated carbocycles. The lowest BCUT2D eigenvalue weighted by molar-refractivity contribution is -0.138. The summed E-state index contributed by atoms with van der Waals surface area (Å²) in [6.07, 6.45) is 3.55. The first-order valence-corrected chi connectivity index (χ1v) is 9.32. The first-order valence-electron chi connectivity index (χ1n) is 9.32. The molecule has 1 aliphatic rings. The smallest absolute Gasteiger partial charge is 0.226 e. The van der Waals surface area contributed by atoms with Crippen LogP contribution in [-0.2, 0) is 17.9 Å². The van der Waals surface area contributed by atoms with E-state index in [1.807, 2.05) is 54.7 Å². The number of piperidine rings is 1. The summed E-state index contributed by atoms with van der Waals surface area (Å²) in [5.41, 5.74) is 2.17. The summed E-state index contributed by atoms with van der Waals surface area (Å²) < 4.78 is 0. The predicted molar refractivity (Wildman–Crippen MR) is 108 cm³/mol. The summed E-state index contributed by atoms with van der Waals surface area (Å²) in [7, 11) is 0. The average molecular weight is 390 g/mol. The van der Waals surface area contributed by atoms with Gasteiger partial charge in [0, 0.05) is 31.7 Å². The fourth-order valence-corrected chi connectivity index (χ4v) is 3.51. The summed E-state index contributed by atoms with van der Waals surface area (Å²) in [5, 5.41) is 9.36. The van der Waals surface area contributed by atoms with Crippen molar-refractivity contribution in [2.75, 3.05) is 26.2 Å². The van der Waals surface area contributed by atoms with Gasteiger partial charge in [-0.05, 0) is 43.6 Å². The fraction of sp³-hybridized carbons (Fsp3) is 0.429. The van der Waals surface area contributed by atoms with Gasteiger partial charge >= 0.3 is 0 Å². The number of carbonyl (C=O) groups is 1. The minimum atomic E-state index is -0.00288. The summed E-state index contributed by atoms with van der Waals surface area (Å²) in [4.78, 5) is 21.5. The van der Waals surface area contributed by atoms with Crippen LogP contribution < -0.4 is 0 Å². The van der Waals surface area contributed by atoms with Crippen molar-refractivity contribution in [3.63, 3.8) is 0 Å². The molecule has 1 fully saturated rings. The molecular weight excluding hydrogens is 362 g/mol.